The fraction of sp³-hybridized carbons (Fsp3) is 0.160. The number of hydrogen-bond donors (Lipinski definition) is 0. The number of rotatable bonds is 8. The smallest absolute Gasteiger partial charge is 0.379 e. The summed E-state index contributed by atoms with van der Waals surface area (Å²) < 4.78 is 37.1. The van der Waals surface area contributed by atoms with Crippen LogP contribution in [0.4, 0.5) is 0 Å². The molecular weight excluding hydrogens is 458 g/mol. The summed E-state index contributed by atoms with van der Waals surface area (Å²) in [6, 6.07) is 11.1. The zero-order valence-corrected chi connectivity index (χ0v) is 19.3. The second kappa shape index (κ2) is 10.0. The van der Waals surface area contributed by atoms with E-state index < -0.39 is 11.9 Å². The topological polar surface area (TPSA) is 115 Å². The fourth-order valence-corrected chi connectivity index (χ4v) is 3.30. The first kappa shape index (κ1) is 23.4. The molecule has 1 aliphatic heterocycles. The number of ether oxygens (including phenoxy) is 6. The highest BCUT2D eigenvalue weighted by atomic mass is 16.6. The molecule has 0 saturated heterocycles. The van der Waals surface area contributed by atoms with Crippen LogP contribution in [0.2, 0.25) is 0 Å². The number of aliphatic imine (C=N–C) groups is 1. The molecule has 2 aromatic carbocycles. The van der Waals surface area contributed by atoms with Gasteiger partial charge in [-0.2, -0.15) is 0 Å². The molecule has 0 N–H and O–H groups in total. The molecular formula is C25H21NO9. The quantitative estimate of drug-likeness (QED) is 0.270. The molecule has 4 rings (SSSR count). The van der Waals surface area contributed by atoms with Crippen LogP contribution in [0.25, 0.3) is 6.08 Å². The van der Waals surface area contributed by atoms with Crippen LogP contribution in [-0.2, 0) is 9.53 Å². The number of furan rings is 1. The third-order valence-electron chi connectivity index (χ3n) is 4.95. The van der Waals surface area contributed by atoms with Crippen molar-refractivity contribution in [2.75, 3.05) is 28.4 Å². The highest BCUT2D eigenvalue weighted by molar-refractivity contribution is 6.13. The van der Waals surface area contributed by atoms with Crippen molar-refractivity contribution in [3.63, 3.8) is 0 Å². The molecule has 1 aliphatic rings. The minimum atomic E-state index is -0.668. The Morgan fingerprint density at radius 2 is 1.60 bits per heavy atom. The first-order valence-corrected chi connectivity index (χ1v) is 10.2. The van der Waals surface area contributed by atoms with E-state index in [1.807, 2.05) is 0 Å². The maximum Gasteiger partial charge on any atom is 0.379 e. The van der Waals surface area contributed by atoms with Crippen molar-refractivity contribution in [1.82, 2.24) is 0 Å². The maximum absolute atomic E-state index is 12.5. The van der Waals surface area contributed by atoms with Crippen LogP contribution in [0.5, 0.6) is 28.7 Å². The van der Waals surface area contributed by atoms with Gasteiger partial charge in [-0.25, -0.2) is 14.6 Å². The van der Waals surface area contributed by atoms with Gasteiger partial charge in [0.1, 0.15) is 0 Å². The van der Waals surface area contributed by atoms with Gasteiger partial charge in [0, 0.05) is 5.56 Å². The Balaban J connectivity index is 1.62. The molecule has 0 bridgehead atoms. The van der Waals surface area contributed by atoms with Crippen molar-refractivity contribution in [2.45, 2.75) is 0 Å². The lowest BCUT2D eigenvalue weighted by atomic mass is 10.1. The van der Waals surface area contributed by atoms with Crippen LogP contribution in [-0.4, -0.2) is 46.3 Å². The van der Waals surface area contributed by atoms with Gasteiger partial charge >= 0.3 is 11.9 Å². The number of hydrogen-bond acceptors (Lipinski definition) is 10. The molecule has 0 spiro atoms. The third kappa shape index (κ3) is 4.81. The lowest BCUT2D eigenvalue weighted by Gasteiger charge is -2.13. The number of carbonyl (C=O) groups excluding carboxylic acids is 2. The molecule has 180 valence electrons. The predicted octanol–water partition coefficient (Wildman–Crippen LogP) is 3.88. The first-order chi connectivity index (χ1) is 17.0. The number of nitrogens with zero attached hydrogens (tertiary/aromatic N) is 1. The van der Waals surface area contributed by atoms with E-state index in [9.17, 15) is 9.59 Å². The van der Waals surface area contributed by atoms with Gasteiger partial charge < -0.3 is 32.8 Å². The lowest BCUT2D eigenvalue weighted by molar-refractivity contribution is -0.129. The maximum atomic E-state index is 12.5. The van der Waals surface area contributed by atoms with Crippen LogP contribution < -0.4 is 23.7 Å². The summed E-state index contributed by atoms with van der Waals surface area (Å²) in [6.45, 7) is 0. The van der Waals surface area contributed by atoms with Crippen molar-refractivity contribution < 1.29 is 42.4 Å². The zero-order chi connectivity index (χ0) is 24.9. The van der Waals surface area contributed by atoms with Gasteiger partial charge in [0.15, 0.2) is 28.7 Å². The molecule has 0 unspecified atom stereocenters. The SMILES string of the molecule is COc1cc(/C=C2\N=C(c3cc(OC)c(OC)c(OC)c3)OC2=O)ccc1OC(=O)c1ccco1. The summed E-state index contributed by atoms with van der Waals surface area (Å²) in [5, 5.41) is 0. The van der Waals surface area contributed by atoms with E-state index >= 15 is 0 Å². The van der Waals surface area contributed by atoms with Crippen LogP contribution in [0, 0.1) is 0 Å². The van der Waals surface area contributed by atoms with Crippen molar-refractivity contribution in [3.05, 3.63) is 71.3 Å². The monoisotopic (exact) mass is 479 g/mol. The van der Waals surface area contributed by atoms with Gasteiger partial charge in [-0.05, 0) is 48.0 Å². The number of cyclic esters (lactones) is 1. The normalized spacial score (nSPS) is 13.8. The number of carbonyl (C=O) groups is 2. The van der Waals surface area contributed by atoms with Crippen molar-refractivity contribution in [1.29, 1.82) is 0 Å². The van der Waals surface area contributed by atoms with Gasteiger partial charge in [0.25, 0.3) is 0 Å². The van der Waals surface area contributed by atoms with Gasteiger partial charge in [-0.1, -0.05) is 6.07 Å². The molecule has 0 saturated carbocycles. The molecule has 1 aromatic heterocycles. The molecule has 10 nitrogen and oxygen atoms in total. The summed E-state index contributed by atoms with van der Waals surface area (Å²) in [6.07, 6.45) is 2.89. The minimum Gasteiger partial charge on any atom is -0.493 e. The van der Waals surface area contributed by atoms with E-state index in [-0.39, 0.29) is 28.9 Å². The Morgan fingerprint density at radius 1 is 0.886 bits per heavy atom. The second-order valence-corrected chi connectivity index (χ2v) is 7.03. The Bertz CT molecular complexity index is 1300. The van der Waals surface area contributed by atoms with Crippen LogP contribution in [0.15, 0.2) is 63.8 Å². The largest absolute Gasteiger partial charge is 0.493 e. The fourth-order valence-electron chi connectivity index (χ4n) is 3.30. The van der Waals surface area contributed by atoms with Crippen molar-refractivity contribution >= 4 is 23.9 Å². The first-order valence-electron chi connectivity index (χ1n) is 10.2. The van der Waals surface area contributed by atoms with Gasteiger partial charge in [0.2, 0.25) is 17.4 Å². The average Bonchev–Trinajstić information content (AvgIpc) is 3.54. The molecule has 0 radical (unpaired) electrons. The molecule has 10 heteroatoms. The zero-order valence-electron chi connectivity index (χ0n) is 19.3. The third-order valence-corrected chi connectivity index (χ3v) is 4.95. The number of methoxy groups -OCH3 is 4. The number of benzene rings is 2. The van der Waals surface area contributed by atoms with Crippen molar-refractivity contribution in [2.24, 2.45) is 4.99 Å². The predicted molar refractivity (Wildman–Crippen MR) is 123 cm³/mol. The van der Waals surface area contributed by atoms with Crippen LogP contribution in [0.3, 0.4) is 0 Å². The number of esters is 2. The van der Waals surface area contributed by atoms with Crippen LogP contribution in [0.1, 0.15) is 21.7 Å². The van der Waals surface area contributed by atoms with Gasteiger partial charge in [0.05, 0.1) is 34.7 Å². The van der Waals surface area contributed by atoms with E-state index in [0.29, 0.717) is 28.4 Å². The summed E-state index contributed by atoms with van der Waals surface area (Å²) in [7, 11) is 5.89. The summed E-state index contributed by atoms with van der Waals surface area (Å²) in [4.78, 5) is 29.0. The highest BCUT2D eigenvalue weighted by Gasteiger charge is 2.27. The molecule has 0 amide bonds. The minimum absolute atomic E-state index is 0.0561. The van der Waals surface area contributed by atoms with Crippen molar-refractivity contribution in [3.8, 4) is 28.7 Å². The molecule has 0 aliphatic carbocycles. The van der Waals surface area contributed by atoms with Gasteiger partial charge in [-0.3, -0.25) is 0 Å². The summed E-state index contributed by atoms with van der Waals surface area (Å²) in [5.41, 5.74) is 1.10. The molecule has 35 heavy (non-hydrogen) atoms. The summed E-state index contributed by atoms with van der Waals surface area (Å²) >= 11 is 0. The van der Waals surface area contributed by atoms with E-state index in [1.165, 1.54) is 52.9 Å². The standard InChI is InChI=1S/C25H21NO9/c1-29-19-11-14(7-8-17(19)34-25(28)18-6-5-9-33-18)10-16-24(27)35-23(26-16)15-12-20(30-2)22(32-4)21(13-15)31-3/h5-13H,1-4H3/b16-10-. The Morgan fingerprint density at radius 3 is 2.20 bits per heavy atom. The Hall–Kier alpha value is -4.73. The van der Waals surface area contributed by atoms with E-state index in [1.54, 1.807) is 30.3 Å². The molecule has 2 heterocycles. The van der Waals surface area contributed by atoms with Crippen LogP contribution >= 0.6 is 0 Å². The van der Waals surface area contributed by atoms with E-state index in [0.717, 1.165) is 0 Å². The lowest BCUT2D eigenvalue weighted by Crippen LogP contribution is -2.08. The molecule has 0 fully saturated rings. The average molecular weight is 479 g/mol. The molecule has 3 aromatic rings. The van der Waals surface area contributed by atoms with Gasteiger partial charge in [-0.15, -0.1) is 0 Å². The Labute approximate surface area is 200 Å². The van der Waals surface area contributed by atoms with E-state index in [4.69, 9.17) is 32.8 Å². The molecule has 0 atom stereocenters. The highest BCUT2D eigenvalue weighted by Crippen LogP contribution is 2.39. The Kier molecular flexibility index (Phi) is 6.72. The second-order valence-electron chi connectivity index (χ2n) is 7.03. The van der Waals surface area contributed by atoms with E-state index in [2.05, 4.69) is 4.99 Å². The summed E-state index contributed by atoms with van der Waals surface area (Å²) in [5.74, 6) is 0.479.